The molecule has 0 radical (unpaired) electrons. The van der Waals surface area contributed by atoms with Crippen LogP contribution in [0.3, 0.4) is 0 Å². The first kappa shape index (κ1) is 23.0. The third-order valence-corrected chi connectivity index (χ3v) is 8.06. The summed E-state index contributed by atoms with van der Waals surface area (Å²) in [7, 11) is -3.37. The second kappa shape index (κ2) is 9.20. The van der Waals surface area contributed by atoms with Crippen molar-refractivity contribution < 1.29 is 17.9 Å². The molecule has 1 amide bonds. The van der Waals surface area contributed by atoms with Crippen molar-refractivity contribution in [2.24, 2.45) is 5.92 Å². The van der Waals surface area contributed by atoms with E-state index in [1.54, 1.807) is 27.0 Å². The molecule has 0 spiro atoms. The largest absolute Gasteiger partial charge is 0.375 e. The maximum absolute atomic E-state index is 12.6. The Morgan fingerprint density at radius 2 is 1.90 bits per heavy atom. The van der Waals surface area contributed by atoms with Crippen molar-refractivity contribution in [3.05, 3.63) is 18.3 Å². The number of anilines is 2. The van der Waals surface area contributed by atoms with E-state index in [-0.39, 0.29) is 24.0 Å². The summed E-state index contributed by atoms with van der Waals surface area (Å²) < 4.78 is 32.2. The van der Waals surface area contributed by atoms with Gasteiger partial charge in [0.2, 0.25) is 15.9 Å². The molecule has 2 aliphatic rings. The van der Waals surface area contributed by atoms with Crippen molar-refractivity contribution in [3.8, 4) is 0 Å². The molecule has 2 N–H and O–H groups in total. The van der Waals surface area contributed by atoms with Crippen LogP contribution < -0.4 is 14.9 Å². The van der Waals surface area contributed by atoms with Crippen LogP contribution in [0.25, 0.3) is 0 Å². The molecule has 9 heteroatoms. The third-order valence-electron chi connectivity index (χ3n) is 5.81. The van der Waals surface area contributed by atoms with E-state index < -0.39 is 14.8 Å². The van der Waals surface area contributed by atoms with E-state index in [1.165, 1.54) is 0 Å². The number of nitrogens with zero attached hydrogens (tertiary/aromatic N) is 2. The Morgan fingerprint density at radius 1 is 1.20 bits per heavy atom. The summed E-state index contributed by atoms with van der Waals surface area (Å²) in [6, 6.07) is 3.70. The Labute approximate surface area is 179 Å². The van der Waals surface area contributed by atoms with Crippen LogP contribution in [0.4, 0.5) is 11.5 Å². The lowest BCUT2D eigenvalue weighted by Gasteiger charge is -2.32. The van der Waals surface area contributed by atoms with E-state index in [2.05, 4.69) is 19.9 Å². The number of amides is 1. The van der Waals surface area contributed by atoms with Gasteiger partial charge in [-0.15, -0.1) is 0 Å². The molecule has 1 saturated heterocycles. The minimum absolute atomic E-state index is 0.0262. The number of hydrogen-bond donors (Lipinski definition) is 2. The average Bonchev–Trinajstić information content (AvgIpc) is 2.68. The van der Waals surface area contributed by atoms with Gasteiger partial charge in [0.25, 0.3) is 0 Å². The SMILES string of the molecule is C[C@@H]1CN(c2ccc(NC(=O)C3CCC(NS(=O)(=O)C(C)(C)C)CC3)cn2)CCO1. The Morgan fingerprint density at radius 3 is 2.47 bits per heavy atom. The molecule has 0 aromatic carbocycles. The fourth-order valence-electron chi connectivity index (χ4n) is 3.79. The van der Waals surface area contributed by atoms with Crippen LogP contribution >= 0.6 is 0 Å². The van der Waals surface area contributed by atoms with Gasteiger partial charge in [0.1, 0.15) is 5.82 Å². The van der Waals surface area contributed by atoms with Gasteiger partial charge in [-0.25, -0.2) is 18.1 Å². The van der Waals surface area contributed by atoms with Gasteiger partial charge in [-0.2, -0.15) is 0 Å². The maximum atomic E-state index is 12.6. The van der Waals surface area contributed by atoms with E-state index >= 15 is 0 Å². The highest BCUT2D eigenvalue weighted by Gasteiger charge is 2.34. The number of rotatable bonds is 5. The van der Waals surface area contributed by atoms with E-state index in [1.807, 2.05) is 19.1 Å². The van der Waals surface area contributed by atoms with E-state index in [9.17, 15) is 13.2 Å². The molecule has 1 aliphatic carbocycles. The molecule has 0 unspecified atom stereocenters. The van der Waals surface area contributed by atoms with Crippen molar-refractivity contribution >= 4 is 27.4 Å². The number of hydrogen-bond acceptors (Lipinski definition) is 6. The second-order valence-electron chi connectivity index (χ2n) is 9.30. The predicted octanol–water partition coefficient (Wildman–Crippen LogP) is 2.52. The van der Waals surface area contributed by atoms with E-state index in [0.717, 1.165) is 18.9 Å². The summed E-state index contributed by atoms with van der Waals surface area (Å²) in [6.45, 7) is 9.42. The number of aromatic nitrogens is 1. The smallest absolute Gasteiger partial charge is 0.227 e. The number of nitrogens with one attached hydrogen (secondary N) is 2. The van der Waals surface area contributed by atoms with Crippen LogP contribution in [0.15, 0.2) is 18.3 Å². The second-order valence-corrected chi connectivity index (χ2v) is 11.8. The number of pyridine rings is 1. The molecular weight excluding hydrogens is 404 g/mol. The minimum Gasteiger partial charge on any atom is -0.375 e. The van der Waals surface area contributed by atoms with Crippen LogP contribution in [0.1, 0.15) is 53.4 Å². The highest BCUT2D eigenvalue weighted by atomic mass is 32.2. The summed E-state index contributed by atoms with van der Waals surface area (Å²) in [5.74, 6) is 0.747. The van der Waals surface area contributed by atoms with Crippen molar-refractivity contribution in [1.29, 1.82) is 0 Å². The molecule has 1 atom stereocenters. The molecule has 168 valence electrons. The lowest BCUT2D eigenvalue weighted by Crippen LogP contribution is -2.46. The zero-order valence-electron chi connectivity index (χ0n) is 18.3. The first-order valence-electron chi connectivity index (χ1n) is 10.7. The van der Waals surface area contributed by atoms with Crippen LogP contribution in [0.2, 0.25) is 0 Å². The van der Waals surface area contributed by atoms with E-state index in [4.69, 9.17) is 4.74 Å². The zero-order valence-corrected chi connectivity index (χ0v) is 19.2. The van der Waals surface area contributed by atoms with Gasteiger partial charge >= 0.3 is 0 Å². The Hall–Kier alpha value is -1.71. The maximum Gasteiger partial charge on any atom is 0.227 e. The molecule has 1 aliphatic heterocycles. The average molecular weight is 439 g/mol. The summed E-state index contributed by atoms with van der Waals surface area (Å²) in [5, 5.41) is 2.95. The fourth-order valence-corrected chi connectivity index (χ4v) is 4.82. The first-order chi connectivity index (χ1) is 14.0. The normalized spacial score (nSPS) is 25.7. The summed E-state index contributed by atoms with van der Waals surface area (Å²) >= 11 is 0. The lowest BCUT2D eigenvalue weighted by atomic mass is 9.86. The Bertz CT molecular complexity index is 828. The van der Waals surface area contributed by atoms with E-state index in [0.29, 0.717) is 38.0 Å². The van der Waals surface area contributed by atoms with Crippen molar-refractivity contribution in [2.75, 3.05) is 29.9 Å². The van der Waals surface area contributed by atoms with Gasteiger partial charge in [-0.1, -0.05) is 0 Å². The first-order valence-corrected chi connectivity index (χ1v) is 12.2. The molecule has 2 fully saturated rings. The van der Waals surface area contributed by atoms with Gasteiger partial charge in [0, 0.05) is 25.0 Å². The number of ether oxygens (including phenoxy) is 1. The lowest BCUT2D eigenvalue weighted by molar-refractivity contribution is -0.120. The van der Waals surface area contributed by atoms with Gasteiger partial charge in [0.05, 0.1) is 29.3 Å². The van der Waals surface area contributed by atoms with Crippen LogP contribution in [0, 0.1) is 5.92 Å². The highest BCUT2D eigenvalue weighted by Crippen LogP contribution is 2.27. The van der Waals surface area contributed by atoms with Gasteiger partial charge in [0.15, 0.2) is 0 Å². The highest BCUT2D eigenvalue weighted by molar-refractivity contribution is 7.90. The molecular formula is C21H34N4O4S. The fraction of sp³-hybridized carbons (Fsp3) is 0.714. The van der Waals surface area contributed by atoms with Crippen molar-refractivity contribution in [3.63, 3.8) is 0 Å². The summed E-state index contributed by atoms with van der Waals surface area (Å²) in [5.41, 5.74) is 0.681. The standard InChI is InChI=1S/C21H34N4O4S/c1-15-14-25(11-12-29-15)19-10-9-18(13-22-19)23-20(26)16-5-7-17(8-6-16)24-30(27,28)21(2,3)4/h9-10,13,15-17,24H,5-8,11-12,14H2,1-4H3,(H,23,26)/t15-,16?,17?/m1/s1. The zero-order chi connectivity index (χ0) is 21.9. The number of carbonyl (C=O) groups excluding carboxylic acids is 1. The van der Waals surface area contributed by atoms with Gasteiger partial charge < -0.3 is 15.0 Å². The molecule has 30 heavy (non-hydrogen) atoms. The third kappa shape index (κ3) is 5.70. The van der Waals surface area contributed by atoms with Crippen molar-refractivity contribution in [2.45, 2.75) is 70.3 Å². The summed E-state index contributed by atoms with van der Waals surface area (Å²) in [4.78, 5) is 19.3. The number of carbonyl (C=O) groups is 1. The van der Waals surface area contributed by atoms with Crippen LogP contribution in [-0.2, 0) is 19.6 Å². The molecule has 1 saturated carbocycles. The number of sulfonamides is 1. The molecule has 3 rings (SSSR count). The van der Waals surface area contributed by atoms with Gasteiger partial charge in [-0.05, 0) is 65.5 Å². The quantitative estimate of drug-likeness (QED) is 0.733. The molecule has 1 aromatic rings. The minimum atomic E-state index is -3.37. The van der Waals surface area contributed by atoms with Gasteiger partial charge in [-0.3, -0.25) is 4.79 Å². The topological polar surface area (TPSA) is 101 Å². The molecule has 0 bridgehead atoms. The van der Waals surface area contributed by atoms with Crippen LogP contribution in [-0.4, -0.2) is 55.9 Å². The number of morpholine rings is 1. The molecule has 8 nitrogen and oxygen atoms in total. The molecule has 1 aromatic heterocycles. The molecule has 2 heterocycles. The Kier molecular flexibility index (Phi) is 7.04. The monoisotopic (exact) mass is 438 g/mol. The summed E-state index contributed by atoms with van der Waals surface area (Å²) in [6.07, 6.45) is 4.54. The van der Waals surface area contributed by atoms with Crippen molar-refractivity contribution in [1.82, 2.24) is 9.71 Å². The predicted molar refractivity (Wildman–Crippen MR) is 118 cm³/mol. The Balaban J connectivity index is 1.49. The van der Waals surface area contributed by atoms with Crippen LogP contribution in [0.5, 0.6) is 0 Å².